The Hall–Kier alpha value is -2.27. The van der Waals surface area contributed by atoms with Crippen molar-refractivity contribution in [2.24, 2.45) is 0 Å². The molecular weight excluding hydrogens is 196 g/mol. The van der Waals surface area contributed by atoms with Gasteiger partial charge in [0.05, 0.1) is 11.8 Å². The summed E-state index contributed by atoms with van der Waals surface area (Å²) in [5.74, 6) is 0. The van der Waals surface area contributed by atoms with E-state index in [1.165, 1.54) is 16.8 Å². The summed E-state index contributed by atoms with van der Waals surface area (Å²) in [6.07, 6.45) is 1.52. The van der Waals surface area contributed by atoms with Gasteiger partial charge in [-0.25, -0.2) is 0 Å². The number of nitrogens with zero attached hydrogens (tertiary/aromatic N) is 1. The number of nitrogens with one attached hydrogen (secondary N) is 1. The zero-order valence-corrected chi connectivity index (χ0v) is 9.07. The Morgan fingerprint density at radius 3 is 2.62 bits per heavy atom. The highest BCUT2D eigenvalue weighted by atomic mass is 14.8. The SMILES string of the molecule is CN/C(=C/C#N)c1ccc2ccccc2c1. The second kappa shape index (κ2) is 4.50. The molecule has 0 aliphatic heterocycles. The maximum atomic E-state index is 8.68. The van der Waals surface area contributed by atoms with Gasteiger partial charge < -0.3 is 5.32 Å². The van der Waals surface area contributed by atoms with Crippen LogP contribution in [0.15, 0.2) is 48.5 Å². The van der Waals surface area contributed by atoms with E-state index in [-0.39, 0.29) is 0 Å². The summed E-state index contributed by atoms with van der Waals surface area (Å²) in [4.78, 5) is 0. The zero-order valence-electron chi connectivity index (χ0n) is 9.07. The first-order valence-electron chi connectivity index (χ1n) is 5.12. The Morgan fingerprint density at radius 2 is 1.94 bits per heavy atom. The van der Waals surface area contributed by atoms with E-state index in [9.17, 15) is 0 Å². The van der Waals surface area contributed by atoms with Crippen LogP contribution < -0.4 is 5.32 Å². The lowest BCUT2D eigenvalue weighted by Crippen LogP contribution is -2.04. The maximum Gasteiger partial charge on any atom is 0.0933 e. The number of nitriles is 1. The molecule has 2 aromatic carbocycles. The molecule has 0 radical (unpaired) electrons. The Morgan fingerprint density at radius 1 is 1.19 bits per heavy atom. The van der Waals surface area contributed by atoms with Crippen LogP contribution in [0.2, 0.25) is 0 Å². The van der Waals surface area contributed by atoms with Crippen LogP contribution in [0.25, 0.3) is 16.5 Å². The molecule has 1 N–H and O–H groups in total. The monoisotopic (exact) mass is 208 g/mol. The number of hydrogen-bond donors (Lipinski definition) is 1. The first kappa shape index (κ1) is 10.3. The molecule has 78 valence electrons. The Labute approximate surface area is 94.8 Å². The summed E-state index contributed by atoms with van der Waals surface area (Å²) in [5.41, 5.74) is 1.87. The smallest absolute Gasteiger partial charge is 0.0933 e. The van der Waals surface area contributed by atoms with E-state index in [0.717, 1.165) is 11.3 Å². The van der Waals surface area contributed by atoms with Gasteiger partial charge in [-0.15, -0.1) is 0 Å². The van der Waals surface area contributed by atoms with E-state index in [2.05, 4.69) is 29.6 Å². The molecule has 0 saturated carbocycles. The topological polar surface area (TPSA) is 35.8 Å². The average Bonchev–Trinajstić information content (AvgIpc) is 2.35. The standard InChI is InChI=1S/C14H12N2/c1-16-14(8-9-15)13-7-6-11-4-2-3-5-12(11)10-13/h2-8,10,16H,1H3/b14-8+. The van der Waals surface area contributed by atoms with E-state index >= 15 is 0 Å². The highest BCUT2D eigenvalue weighted by molar-refractivity contribution is 5.86. The van der Waals surface area contributed by atoms with Crippen molar-refractivity contribution in [1.29, 1.82) is 5.26 Å². The number of hydrogen-bond acceptors (Lipinski definition) is 2. The molecule has 16 heavy (non-hydrogen) atoms. The van der Waals surface area contributed by atoms with Crippen LogP contribution >= 0.6 is 0 Å². The lowest BCUT2D eigenvalue weighted by Gasteiger charge is -2.06. The molecule has 2 heteroatoms. The van der Waals surface area contributed by atoms with Crippen molar-refractivity contribution in [1.82, 2.24) is 5.32 Å². The van der Waals surface area contributed by atoms with Crippen LogP contribution in [0.3, 0.4) is 0 Å². The highest BCUT2D eigenvalue weighted by Gasteiger charge is 2.00. The Balaban J connectivity index is 2.55. The van der Waals surface area contributed by atoms with Gasteiger partial charge in [0.2, 0.25) is 0 Å². The van der Waals surface area contributed by atoms with Crippen LogP contribution in [-0.4, -0.2) is 7.05 Å². The van der Waals surface area contributed by atoms with Gasteiger partial charge in [-0.05, 0) is 22.4 Å². The lowest BCUT2D eigenvalue weighted by molar-refractivity contribution is 1.13. The fourth-order valence-electron chi connectivity index (χ4n) is 1.72. The molecule has 0 saturated heterocycles. The van der Waals surface area contributed by atoms with Crippen LogP contribution in [0, 0.1) is 11.3 Å². The number of fused-ring (bicyclic) bond motifs is 1. The fraction of sp³-hybridized carbons (Fsp3) is 0.0714. The van der Waals surface area contributed by atoms with Gasteiger partial charge in [0, 0.05) is 13.1 Å². The van der Waals surface area contributed by atoms with Crippen LogP contribution in [0.4, 0.5) is 0 Å². The van der Waals surface area contributed by atoms with Crippen molar-refractivity contribution in [2.45, 2.75) is 0 Å². The molecule has 0 aliphatic rings. The third-order valence-electron chi connectivity index (χ3n) is 2.54. The highest BCUT2D eigenvalue weighted by Crippen LogP contribution is 2.19. The zero-order chi connectivity index (χ0) is 11.4. The second-order valence-corrected chi connectivity index (χ2v) is 3.50. The van der Waals surface area contributed by atoms with Crippen molar-refractivity contribution in [3.8, 4) is 6.07 Å². The van der Waals surface area contributed by atoms with Gasteiger partial charge in [-0.2, -0.15) is 5.26 Å². The van der Waals surface area contributed by atoms with Crippen molar-refractivity contribution >= 4 is 16.5 Å². The molecule has 0 amide bonds. The van der Waals surface area contributed by atoms with Gasteiger partial charge in [0.15, 0.2) is 0 Å². The molecule has 2 aromatic rings. The predicted octanol–water partition coefficient (Wildman–Crippen LogP) is 2.92. The third-order valence-corrected chi connectivity index (χ3v) is 2.54. The Bertz CT molecular complexity index is 577. The van der Waals surface area contributed by atoms with E-state index in [1.54, 1.807) is 0 Å². The summed E-state index contributed by atoms with van der Waals surface area (Å²) in [5, 5.41) is 14.1. The van der Waals surface area contributed by atoms with Gasteiger partial charge >= 0.3 is 0 Å². The first-order chi connectivity index (χ1) is 7.85. The van der Waals surface area contributed by atoms with Crippen LogP contribution in [-0.2, 0) is 0 Å². The second-order valence-electron chi connectivity index (χ2n) is 3.50. The average molecular weight is 208 g/mol. The van der Waals surface area contributed by atoms with Crippen LogP contribution in [0.1, 0.15) is 5.56 Å². The van der Waals surface area contributed by atoms with E-state index in [0.29, 0.717) is 0 Å². The van der Waals surface area contributed by atoms with Gasteiger partial charge in [0.1, 0.15) is 0 Å². The summed E-state index contributed by atoms with van der Waals surface area (Å²) in [6, 6.07) is 16.4. The van der Waals surface area contributed by atoms with E-state index < -0.39 is 0 Å². The van der Waals surface area contributed by atoms with Gasteiger partial charge in [0.25, 0.3) is 0 Å². The number of allylic oxidation sites excluding steroid dienone is 1. The van der Waals surface area contributed by atoms with Gasteiger partial charge in [-0.1, -0.05) is 36.4 Å². The molecule has 0 bridgehead atoms. The maximum absolute atomic E-state index is 8.68. The van der Waals surface area contributed by atoms with E-state index in [1.807, 2.05) is 31.3 Å². The molecule has 0 fully saturated rings. The lowest BCUT2D eigenvalue weighted by atomic mass is 10.0. The normalized spacial score (nSPS) is 11.1. The molecule has 2 nitrogen and oxygen atoms in total. The summed E-state index contributed by atoms with van der Waals surface area (Å²) >= 11 is 0. The predicted molar refractivity (Wildman–Crippen MR) is 66.6 cm³/mol. The molecular formula is C14H12N2. The number of benzene rings is 2. The van der Waals surface area contributed by atoms with Crippen LogP contribution in [0.5, 0.6) is 0 Å². The van der Waals surface area contributed by atoms with Crippen molar-refractivity contribution in [3.63, 3.8) is 0 Å². The Kier molecular flexibility index (Phi) is 2.88. The third kappa shape index (κ3) is 1.89. The van der Waals surface area contributed by atoms with Gasteiger partial charge in [-0.3, -0.25) is 0 Å². The van der Waals surface area contributed by atoms with Crippen molar-refractivity contribution < 1.29 is 0 Å². The first-order valence-corrected chi connectivity index (χ1v) is 5.12. The van der Waals surface area contributed by atoms with E-state index in [4.69, 9.17) is 5.26 Å². The van der Waals surface area contributed by atoms with Crippen molar-refractivity contribution in [2.75, 3.05) is 7.05 Å². The summed E-state index contributed by atoms with van der Waals surface area (Å²) < 4.78 is 0. The molecule has 0 aromatic heterocycles. The molecule has 2 rings (SSSR count). The molecule has 0 spiro atoms. The minimum Gasteiger partial charge on any atom is -0.387 e. The minimum atomic E-state index is 0.841. The number of rotatable bonds is 2. The molecule has 0 aliphatic carbocycles. The molecule has 0 atom stereocenters. The molecule has 0 unspecified atom stereocenters. The minimum absolute atomic E-state index is 0.841. The fourth-order valence-corrected chi connectivity index (χ4v) is 1.72. The summed E-state index contributed by atoms with van der Waals surface area (Å²) in [7, 11) is 1.82. The largest absolute Gasteiger partial charge is 0.387 e. The quantitative estimate of drug-likeness (QED) is 0.770. The molecule has 0 heterocycles. The summed E-state index contributed by atoms with van der Waals surface area (Å²) in [6.45, 7) is 0. The van der Waals surface area contributed by atoms with Crippen molar-refractivity contribution in [3.05, 3.63) is 54.1 Å².